The average Bonchev–Trinajstić information content (AvgIpc) is 2.39. The van der Waals surface area contributed by atoms with Crippen LogP contribution in [0, 0.1) is 0 Å². The smallest absolute Gasteiger partial charge is 0.337 e. The van der Waals surface area contributed by atoms with Crippen molar-refractivity contribution in [2.75, 3.05) is 18.4 Å². The van der Waals surface area contributed by atoms with E-state index in [1.54, 1.807) is 25.1 Å². The van der Waals surface area contributed by atoms with Gasteiger partial charge < -0.3 is 15.3 Å². The fourth-order valence-electron chi connectivity index (χ4n) is 2.35. The molecule has 1 amide bonds. The number of rotatable bonds is 3. The van der Waals surface area contributed by atoms with Crippen molar-refractivity contribution in [1.82, 2.24) is 4.90 Å². The van der Waals surface area contributed by atoms with Gasteiger partial charge in [-0.15, -0.1) is 0 Å². The van der Waals surface area contributed by atoms with Gasteiger partial charge in [-0.2, -0.15) is 0 Å². The molecule has 1 aliphatic rings. The maximum atomic E-state index is 11.2. The van der Waals surface area contributed by atoms with Crippen LogP contribution in [-0.4, -0.2) is 41.0 Å². The molecule has 0 atom stereocenters. The third-order valence-corrected chi connectivity index (χ3v) is 3.46. The highest BCUT2D eigenvalue weighted by Crippen LogP contribution is 2.20. The molecular formula is C14H18N2O3. The third-order valence-electron chi connectivity index (χ3n) is 3.46. The number of likely N-dealkylation sites (tertiary alicyclic amines) is 1. The van der Waals surface area contributed by atoms with E-state index < -0.39 is 5.97 Å². The summed E-state index contributed by atoms with van der Waals surface area (Å²) in [6, 6.07) is 7.12. The molecule has 0 aromatic heterocycles. The number of anilines is 1. The molecule has 0 bridgehead atoms. The summed E-state index contributed by atoms with van der Waals surface area (Å²) in [7, 11) is 0. The number of benzene rings is 1. The molecule has 1 fully saturated rings. The Bertz CT molecular complexity index is 479. The van der Waals surface area contributed by atoms with E-state index in [9.17, 15) is 9.59 Å². The summed E-state index contributed by atoms with van der Waals surface area (Å²) in [6.45, 7) is 3.03. The highest BCUT2D eigenvalue weighted by atomic mass is 16.4. The molecule has 0 spiro atoms. The number of amides is 1. The molecular weight excluding hydrogens is 244 g/mol. The SMILES string of the molecule is CC(=O)N1CCC(Nc2ccccc2C(=O)O)CC1. The van der Waals surface area contributed by atoms with Gasteiger partial charge in [0.1, 0.15) is 0 Å². The quantitative estimate of drug-likeness (QED) is 0.871. The number of para-hydroxylation sites is 1. The topological polar surface area (TPSA) is 69.6 Å². The molecule has 1 saturated heterocycles. The minimum absolute atomic E-state index is 0.101. The average molecular weight is 262 g/mol. The van der Waals surface area contributed by atoms with Gasteiger partial charge in [0, 0.05) is 31.7 Å². The summed E-state index contributed by atoms with van der Waals surface area (Å²) in [5.74, 6) is -0.825. The number of carbonyl (C=O) groups excluding carboxylic acids is 1. The van der Waals surface area contributed by atoms with Gasteiger partial charge in [0.25, 0.3) is 0 Å². The van der Waals surface area contributed by atoms with Crippen molar-refractivity contribution in [3.05, 3.63) is 29.8 Å². The lowest BCUT2D eigenvalue weighted by Crippen LogP contribution is -2.41. The second kappa shape index (κ2) is 5.73. The first-order valence-electron chi connectivity index (χ1n) is 6.42. The van der Waals surface area contributed by atoms with Crippen LogP contribution in [0.25, 0.3) is 0 Å². The molecule has 1 aromatic carbocycles. The van der Waals surface area contributed by atoms with E-state index in [2.05, 4.69) is 5.32 Å². The number of hydrogen-bond donors (Lipinski definition) is 2. The summed E-state index contributed by atoms with van der Waals surface area (Å²) in [6.07, 6.45) is 1.68. The largest absolute Gasteiger partial charge is 0.478 e. The molecule has 0 aliphatic carbocycles. The molecule has 1 heterocycles. The number of carbonyl (C=O) groups is 2. The van der Waals surface area contributed by atoms with Crippen molar-refractivity contribution in [2.45, 2.75) is 25.8 Å². The molecule has 0 saturated carbocycles. The Morgan fingerprint density at radius 2 is 1.89 bits per heavy atom. The Hall–Kier alpha value is -2.04. The number of carboxylic acids is 1. The number of piperidine rings is 1. The van der Waals surface area contributed by atoms with Gasteiger partial charge in [-0.1, -0.05) is 12.1 Å². The Balaban J connectivity index is 2.00. The van der Waals surface area contributed by atoms with E-state index in [0.29, 0.717) is 5.69 Å². The molecule has 5 heteroatoms. The summed E-state index contributed by atoms with van der Waals surface area (Å²) in [5, 5.41) is 12.4. The Kier molecular flexibility index (Phi) is 4.04. The van der Waals surface area contributed by atoms with E-state index in [-0.39, 0.29) is 17.5 Å². The van der Waals surface area contributed by atoms with Gasteiger partial charge in [0.15, 0.2) is 0 Å². The van der Waals surface area contributed by atoms with Crippen molar-refractivity contribution in [2.24, 2.45) is 0 Å². The van der Waals surface area contributed by atoms with Gasteiger partial charge in [-0.05, 0) is 25.0 Å². The lowest BCUT2D eigenvalue weighted by Gasteiger charge is -2.32. The zero-order chi connectivity index (χ0) is 13.8. The zero-order valence-electron chi connectivity index (χ0n) is 10.9. The van der Waals surface area contributed by atoms with Crippen molar-refractivity contribution in [3.8, 4) is 0 Å². The number of hydrogen-bond acceptors (Lipinski definition) is 3. The van der Waals surface area contributed by atoms with Gasteiger partial charge in [-0.3, -0.25) is 4.79 Å². The first-order valence-corrected chi connectivity index (χ1v) is 6.42. The van der Waals surface area contributed by atoms with Crippen LogP contribution in [0.5, 0.6) is 0 Å². The predicted octanol–water partition coefficient (Wildman–Crippen LogP) is 1.81. The van der Waals surface area contributed by atoms with Crippen LogP contribution in [0.15, 0.2) is 24.3 Å². The Morgan fingerprint density at radius 1 is 1.26 bits per heavy atom. The predicted molar refractivity (Wildman–Crippen MR) is 72.3 cm³/mol. The molecule has 19 heavy (non-hydrogen) atoms. The summed E-state index contributed by atoms with van der Waals surface area (Å²) >= 11 is 0. The van der Waals surface area contributed by atoms with E-state index in [4.69, 9.17) is 5.11 Å². The van der Waals surface area contributed by atoms with Crippen LogP contribution in [0.4, 0.5) is 5.69 Å². The number of carboxylic acid groups (broad SMARTS) is 1. The van der Waals surface area contributed by atoms with Crippen LogP contribution >= 0.6 is 0 Å². The number of nitrogens with one attached hydrogen (secondary N) is 1. The van der Waals surface area contributed by atoms with Gasteiger partial charge >= 0.3 is 5.97 Å². The van der Waals surface area contributed by atoms with E-state index in [1.165, 1.54) is 0 Å². The number of nitrogens with zero attached hydrogens (tertiary/aromatic N) is 1. The molecule has 5 nitrogen and oxygen atoms in total. The van der Waals surface area contributed by atoms with Gasteiger partial charge in [-0.25, -0.2) is 4.79 Å². The summed E-state index contributed by atoms with van der Waals surface area (Å²) in [5.41, 5.74) is 0.938. The van der Waals surface area contributed by atoms with Crippen LogP contribution in [0.3, 0.4) is 0 Å². The van der Waals surface area contributed by atoms with Crippen LogP contribution in [0.1, 0.15) is 30.1 Å². The summed E-state index contributed by atoms with van der Waals surface area (Å²) < 4.78 is 0. The molecule has 2 N–H and O–H groups in total. The molecule has 2 rings (SSSR count). The lowest BCUT2D eigenvalue weighted by molar-refractivity contribution is -0.129. The van der Waals surface area contributed by atoms with Crippen LogP contribution in [-0.2, 0) is 4.79 Å². The minimum atomic E-state index is -0.927. The fraction of sp³-hybridized carbons (Fsp3) is 0.429. The van der Waals surface area contributed by atoms with Crippen LogP contribution in [0.2, 0.25) is 0 Å². The Labute approximate surface area is 112 Å². The fourth-order valence-corrected chi connectivity index (χ4v) is 2.35. The second-order valence-corrected chi connectivity index (χ2v) is 4.78. The van der Waals surface area contributed by atoms with Crippen molar-refractivity contribution in [1.29, 1.82) is 0 Å². The highest BCUT2D eigenvalue weighted by Gasteiger charge is 2.21. The molecule has 0 unspecified atom stereocenters. The molecule has 0 radical (unpaired) electrons. The lowest BCUT2D eigenvalue weighted by atomic mass is 10.0. The molecule has 102 valence electrons. The first-order chi connectivity index (χ1) is 9.08. The maximum Gasteiger partial charge on any atom is 0.337 e. The van der Waals surface area contributed by atoms with Gasteiger partial charge in [0.2, 0.25) is 5.91 Å². The van der Waals surface area contributed by atoms with E-state index in [0.717, 1.165) is 25.9 Å². The van der Waals surface area contributed by atoms with E-state index >= 15 is 0 Å². The third kappa shape index (κ3) is 3.24. The second-order valence-electron chi connectivity index (χ2n) is 4.78. The van der Waals surface area contributed by atoms with Crippen molar-refractivity contribution in [3.63, 3.8) is 0 Å². The monoisotopic (exact) mass is 262 g/mol. The highest BCUT2D eigenvalue weighted by molar-refractivity contribution is 5.94. The Morgan fingerprint density at radius 3 is 2.47 bits per heavy atom. The zero-order valence-corrected chi connectivity index (χ0v) is 10.9. The van der Waals surface area contributed by atoms with Crippen LogP contribution < -0.4 is 5.32 Å². The standard InChI is InChI=1S/C14H18N2O3/c1-10(17)16-8-6-11(7-9-16)15-13-5-3-2-4-12(13)14(18)19/h2-5,11,15H,6-9H2,1H3,(H,18,19). The van der Waals surface area contributed by atoms with Crippen molar-refractivity contribution >= 4 is 17.6 Å². The maximum absolute atomic E-state index is 11.2. The summed E-state index contributed by atoms with van der Waals surface area (Å²) in [4.78, 5) is 24.2. The molecule has 1 aromatic rings. The normalized spacial score (nSPS) is 16.2. The number of aromatic carboxylic acids is 1. The van der Waals surface area contributed by atoms with Gasteiger partial charge in [0.05, 0.1) is 5.56 Å². The minimum Gasteiger partial charge on any atom is -0.478 e. The van der Waals surface area contributed by atoms with E-state index in [1.807, 2.05) is 11.0 Å². The first kappa shape index (κ1) is 13.4. The molecule has 1 aliphatic heterocycles. The van der Waals surface area contributed by atoms with Crippen molar-refractivity contribution < 1.29 is 14.7 Å².